The Bertz CT molecular complexity index is 388. The van der Waals surface area contributed by atoms with Crippen LogP contribution >= 0.6 is 0 Å². The number of hydrogen-bond acceptors (Lipinski definition) is 5. The van der Waals surface area contributed by atoms with E-state index in [9.17, 15) is 0 Å². The van der Waals surface area contributed by atoms with Crippen LogP contribution in [0.1, 0.15) is 25.5 Å². The predicted octanol–water partition coefficient (Wildman–Crippen LogP) is 1.24. The number of anilines is 1. The van der Waals surface area contributed by atoms with Crippen LogP contribution in [-0.2, 0) is 0 Å². The average Bonchev–Trinajstić information content (AvgIpc) is 2.82. The second-order valence-corrected chi connectivity index (χ2v) is 4.45. The number of rotatable bonds is 4. The smallest absolute Gasteiger partial charge is 0.158 e. The maximum atomic E-state index is 8.62. The van der Waals surface area contributed by atoms with Gasteiger partial charge in [0.15, 0.2) is 5.69 Å². The van der Waals surface area contributed by atoms with E-state index in [4.69, 9.17) is 5.26 Å². The molecule has 0 aliphatic carbocycles. The van der Waals surface area contributed by atoms with Crippen LogP contribution in [0.15, 0.2) is 12.4 Å². The zero-order valence-corrected chi connectivity index (χ0v) is 10.1. The summed E-state index contributed by atoms with van der Waals surface area (Å²) in [4.78, 5) is 10.6. The van der Waals surface area contributed by atoms with Crippen LogP contribution in [0, 0.1) is 11.3 Å². The number of hydrogen-bond donors (Lipinski definition) is 1. The summed E-state index contributed by atoms with van der Waals surface area (Å²) < 4.78 is 0. The Morgan fingerprint density at radius 1 is 1.41 bits per heavy atom. The number of aromatic nitrogens is 2. The molecule has 90 valence electrons. The highest BCUT2D eigenvalue weighted by molar-refractivity contribution is 5.34. The Labute approximate surface area is 101 Å². The highest BCUT2D eigenvalue weighted by Crippen LogP contribution is 2.09. The van der Waals surface area contributed by atoms with Crippen LogP contribution in [0.3, 0.4) is 0 Å². The lowest BCUT2D eigenvalue weighted by Crippen LogP contribution is -2.33. The Morgan fingerprint density at radius 3 is 2.76 bits per heavy atom. The monoisotopic (exact) mass is 231 g/mol. The summed E-state index contributed by atoms with van der Waals surface area (Å²) in [6.45, 7) is 5.57. The minimum atomic E-state index is 0.343. The fourth-order valence-corrected chi connectivity index (χ4v) is 2.11. The molecule has 0 radical (unpaired) electrons. The summed E-state index contributed by atoms with van der Waals surface area (Å²) in [6.07, 6.45) is 5.72. The molecule has 1 unspecified atom stereocenters. The lowest BCUT2D eigenvalue weighted by atomic mass is 10.3. The van der Waals surface area contributed by atoms with E-state index in [0.29, 0.717) is 11.7 Å². The first-order chi connectivity index (χ1) is 8.28. The molecule has 5 heteroatoms. The van der Waals surface area contributed by atoms with Gasteiger partial charge >= 0.3 is 0 Å². The molecule has 2 rings (SSSR count). The summed E-state index contributed by atoms with van der Waals surface area (Å²) in [5.41, 5.74) is 0.350. The highest BCUT2D eigenvalue weighted by atomic mass is 15.2. The van der Waals surface area contributed by atoms with E-state index in [1.54, 1.807) is 6.20 Å². The number of nitrogens with zero attached hydrogens (tertiary/aromatic N) is 4. The van der Waals surface area contributed by atoms with Crippen LogP contribution in [-0.4, -0.2) is 40.5 Å². The molecule has 0 amide bonds. The van der Waals surface area contributed by atoms with Gasteiger partial charge in [-0.15, -0.1) is 0 Å². The molecule has 1 fully saturated rings. The van der Waals surface area contributed by atoms with Crippen LogP contribution in [0.4, 0.5) is 5.82 Å². The maximum absolute atomic E-state index is 8.62. The lowest BCUT2D eigenvalue weighted by Gasteiger charge is -2.21. The first kappa shape index (κ1) is 11.8. The highest BCUT2D eigenvalue weighted by Gasteiger charge is 2.14. The third-order valence-electron chi connectivity index (χ3n) is 2.89. The molecule has 1 saturated heterocycles. The van der Waals surface area contributed by atoms with Gasteiger partial charge in [0.1, 0.15) is 11.9 Å². The van der Waals surface area contributed by atoms with Gasteiger partial charge in [-0.2, -0.15) is 5.26 Å². The molecule has 1 N–H and O–H groups in total. The Balaban J connectivity index is 1.84. The van der Waals surface area contributed by atoms with Gasteiger partial charge in [-0.25, -0.2) is 9.97 Å². The Morgan fingerprint density at radius 2 is 2.18 bits per heavy atom. The third-order valence-corrected chi connectivity index (χ3v) is 2.89. The minimum Gasteiger partial charge on any atom is -0.365 e. The van der Waals surface area contributed by atoms with Crippen molar-refractivity contribution in [3.05, 3.63) is 18.1 Å². The van der Waals surface area contributed by atoms with Gasteiger partial charge in [-0.3, -0.25) is 0 Å². The SMILES string of the molecule is CC(CN1CCCC1)Nc1cnc(C#N)cn1. The van der Waals surface area contributed by atoms with Crippen molar-refractivity contribution in [2.24, 2.45) is 0 Å². The third kappa shape index (κ3) is 3.40. The van der Waals surface area contributed by atoms with Crippen molar-refractivity contribution in [2.45, 2.75) is 25.8 Å². The quantitative estimate of drug-likeness (QED) is 0.844. The molecule has 2 heterocycles. The standard InChI is InChI=1S/C12H17N5/c1-10(9-17-4-2-3-5-17)16-12-8-14-11(6-13)7-15-12/h7-8,10H,2-5,9H2,1H3,(H,15,16). The zero-order chi connectivity index (χ0) is 12.1. The second-order valence-electron chi connectivity index (χ2n) is 4.45. The molecule has 0 bridgehead atoms. The largest absolute Gasteiger partial charge is 0.365 e. The van der Waals surface area contributed by atoms with Gasteiger partial charge in [0.05, 0.1) is 12.4 Å². The summed E-state index contributed by atoms with van der Waals surface area (Å²) in [6, 6.07) is 2.30. The van der Waals surface area contributed by atoms with Gasteiger partial charge in [0.25, 0.3) is 0 Å². The Hall–Kier alpha value is -1.67. The Kier molecular flexibility index (Phi) is 3.89. The zero-order valence-electron chi connectivity index (χ0n) is 10.1. The van der Waals surface area contributed by atoms with Crippen LogP contribution in [0.25, 0.3) is 0 Å². The van der Waals surface area contributed by atoms with E-state index < -0.39 is 0 Å². The predicted molar refractivity (Wildman–Crippen MR) is 65.5 cm³/mol. The molecular formula is C12H17N5. The van der Waals surface area contributed by atoms with Crippen molar-refractivity contribution in [1.82, 2.24) is 14.9 Å². The van der Waals surface area contributed by atoms with Gasteiger partial charge in [-0.1, -0.05) is 0 Å². The van der Waals surface area contributed by atoms with Gasteiger partial charge in [0.2, 0.25) is 0 Å². The molecule has 1 aliphatic rings. The molecule has 1 aromatic heterocycles. The van der Waals surface area contributed by atoms with Gasteiger partial charge < -0.3 is 10.2 Å². The van der Waals surface area contributed by atoms with Crippen molar-refractivity contribution in [3.8, 4) is 6.07 Å². The lowest BCUT2D eigenvalue weighted by molar-refractivity contribution is 0.327. The van der Waals surface area contributed by atoms with Gasteiger partial charge in [0, 0.05) is 12.6 Å². The van der Waals surface area contributed by atoms with Crippen molar-refractivity contribution in [2.75, 3.05) is 25.0 Å². The van der Waals surface area contributed by atoms with E-state index >= 15 is 0 Å². The number of nitrogens with one attached hydrogen (secondary N) is 1. The molecule has 1 atom stereocenters. The van der Waals surface area contributed by atoms with Gasteiger partial charge in [-0.05, 0) is 32.9 Å². The van der Waals surface area contributed by atoms with Crippen LogP contribution < -0.4 is 5.32 Å². The topological polar surface area (TPSA) is 64.8 Å². The first-order valence-electron chi connectivity index (χ1n) is 5.99. The molecule has 17 heavy (non-hydrogen) atoms. The van der Waals surface area contributed by atoms with E-state index in [1.807, 2.05) is 6.07 Å². The second kappa shape index (κ2) is 5.60. The first-order valence-corrected chi connectivity index (χ1v) is 5.99. The maximum Gasteiger partial charge on any atom is 0.158 e. The van der Waals surface area contributed by atoms with Crippen LogP contribution in [0.2, 0.25) is 0 Å². The van der Waals surface area contributed by atoms with Crippen molar-refractivity contribution >= 4 is 5.82 Å². The minimum absolute atomic E-state index is 0.343. The molecule has 1 aliphatic heterocycles. The average molecular weight is 231 g/mol. The van der Waals surface area contributed by atoms with E-state index in [-0.39, 0.29) is 0 Å². The fraction of sp³-hybridized carbons (Fsp3) is 0.583. The van der Waals surface area contributed by atoms with Crippen LogP contribution in [0.5, 0.6) is 0 Å². The summed E-state index contributed by atoms with van der Waals surface area (Å²) in [5.74, 6) is 0.732. The molecule has 0 aromatic carbocycles. The summed E-state index contributed by atoms with van der Waals surface area (Å²) in [7, 11) is 0. The number of likely N-dealkylation sites (tertiary alicyclic amines) is 1. The van der Waals surface area contributed by atoms with E-state index in [2.05, 4.69) is 27.1 Å². The molecule has 0 saturated carbocycles. The summed E-state index contributed by atoms with van der Waals surface area (Å²) >= 11 is 0. The molecule has 0 spiro atoms. The summed E-state index contributed by atoms with van der Waals surface area (Å²) in [5, 5.41) is 11.9. The van der Waals surface area contributed by atoms with Crippen molar-refractivity contribution in [1.29, 1.82) is 5.26 Å². The molecule has 1 aromatic rings. The normalized spacial score (nSPS) is 17.6. The fourth-order valence-electron chi connectivity index (χ4n) is 2.11. The number of nitriles is 1. The van der Waals surface area contributed by atoms with Crippen molar-refractivity contribution in [3.63, 3.8) is 0 Å². The van der Waals surface area contributed by atoms with E-state index in [0.717, 1.165) is 12.4 Å². The molecule has 5 nitrogen and oxygen atoms in total. The molecular weight excluding hydrogens is 214 g/mol. The van der Waals surface area contributed by atoms with Crippen molar-refractivity contribution < 1.29 is 0 Å². The van der Waals surface area contributed by atoms with E-state index in [1.165, 1.54) is 32.1 Å².